The highest BCUT2D eigenvalue weighted by Gasteiger charge is 2.38. The zero-order chi connectivity index (χ0) is 17.5. The third-order valence-corrected chi connectivity index (χ3v) is 6.76. The van der Waals surface area contributed by atoms with Gasteiger partial charge in [-0.3, -0.25) is 4.90 Å². The zero-order valence-corrected chi connectivity index (χ0v) is 16.1. The predicted octanol–water partition coefficient (Wildman–Crippen LogP) is 3.14. The largest absolute Gasteiger partial charge is 0.379 e. The van der Waals surface area contributed by atoms with Gasteiger partial charge in [-0.15, -0.1) is 11.3 Å². The van der Waals surface area contributed by atoms with E-state index in [4.69, 9.17) is 4.74 Å². The van der Waals surface area contributed by atoms with Gasteiger partial charge in [0.15, 0.2) is 0 Å². The molecular formula is C19H31N3O2S. The summed E-state index contributed by atoms with van der Waals surface area (Å²) in [6.07, 6.45) is 7.25. The van der Waals surface area contributed by atoms with E-state index in [0.29, 0.717) is 6.54 Å². The van der Waals surface area contributed by atoms with Crippen LogP contribution in [0.1, 0.15) is 48.8 Å². The summed E-state index contributed by atoms with van der Waals surface area (Å²) in [5.41, 5.74) is 0.123. The molecule has 0 radical (unpaired) electrons. The van der Waals surface area contributed by atoms with Crippen LogP contribution >= 0.6 is 11.3 Å². The van der Waals surface area contributed by atoms with E-state index < -0.39 is 0 Å². The fraction of sp³-hybridized carbons (Fsp3) is 0.737. The molecule has 1 aliphatic heterocycles. The molecule has 1 aromatic heterocycles. The molecule has 2 heterocycles. The Morgan fingerprint density at radius 3 is 2.56 bits per heavy atom. The first-order valence-corrected chi connectivity index (χ1v) is 10.5. The number of nitrogens with zero attached hydrogens (tertiary/aromatic N) is 1. The lowest BCUT2D eigenvalue weighted by Gasteiger charge is -2.48. The first kappa shape index (κ1) is 18.7. The molecule has 0 unspecified atom stereocenters. The van der Waals surface area contributed by atoms with Gasteiger partial charge in [0.1, 0.15) is 0 Å². The van der Waals surface area contributed by atoms with Gasteiger partial charge in [-0.05, 0) is 31.4 Å². The Balaban J connectivity index is 1.50. The van der Waals surface area contributed by atoms with Crippen LogP contribution in [0.3, 0.4) is 0 Å². The third-order valence-electron chi connectivity index (χ3n) is 5.53. The smallest absolute Gasteiger partial charge is 0.315 e. The average Bonchev–Trinajstić information content (AvgIpc) is 3.14. The van der Waals surface area contributed by atoms with Gasteiger partial charge in [0.05, 0.1) is 19.8 Å². The summed E-state index contributed by atoms with van der Waals surface area (Å²) in [4.78, 5) is 17.4. The number of hydrogen-bond acceptors (Lipinski definition) is 4. The van der Waals surface area contributed by atoms with Gasteiger partial charge < -0.3 is 15.4 Å². The Morgan fingerprint density at radius 2 is 1.88 bits per heavy atom. The molecule has 5 nitrogen and oxygen atoms in total. The van der Waals surface area contributed by atoms with Gasteiger partial charge in [-0.1, -0.05) is 26.2 Å². The van der Waals surface area contributed by atoms with E-state index in [2.05, 4.69) is 34.6 Å². The monoisotopic (exact) mass is 365 g/mol. The van der Waals surface area contributed by atoms with E-state index >= 15 is 0 Å². The number of carbonyl (C=O) groups is 1. The molecule has 2 aliphatic rings. The molecule has 2 N–H and O–H groups in total. The quantitative estimate of drug-likeness (QED) is 0.814. The molecule has 1 saturated heterocycles. The van der Waals surface area contributed by atoms with Gasteiger partial charge in [0.25, 0.3) is 0 Å². The van der Waals surface area contributed by atoms with Crippen LogP contribution in [0.2, 0.25) is 0 Å². The summed E-state index contributed by atoms with van der Waals surface area (Å²) in [5, 5.41) is 6.17. The molecule has 6 heteroatoms. The summed E-state index contributed by atoms with van der Waals surface area (Å²) in [5.74, 6) is 0. The minimum atomic E-state index is -0.0512. The first-order valence-electron chi connectivity index (χ1n) is 9.64. The van der Waals surface area contributed by atoms with E-state index in [1.165, 1.54) is 41.9 Å². The van der Waals surface area contributed by atoms with Gasteiger partial charge in [0, 0.05) is 34.9 Å². The van der Waals surface area contributed by atoms with Crippen molar-refractivity contribution in [3.8, 4) is 0 Å². The Morgan fingerprint density at radius 1 is 1.16 bits per heavy atom. The van der Waals surface area contributed by atoms with Crippen molar-refractivity contribution in [3.63, 3.8) is 0 Å². The summed E-state index contributed by atoms with van der Waals surface area (Å²) in [6.45, 7) is 7.10. The first-order chi connectivity index (χ1) is 12.2. The molecule has 1 saturated carbocycles. The van der Waals surface area contributed by atoms with Crippen molar-refractivity contribution in [2.24, 2.45) is 0 Å². The Bertz CT molecular complexity index is 549. The normalized spacial score (nSPS) is 21.0. The number of carbonyl (C=O) groups excluding carboxylic acids is 1. The topological polar surface area (TPSA) is 53.6 Å². The lowest BCUT2D eigenvalue weighted by Crippen LogP contribution is -2.60. The molecule has 1 aromatic rings. The molecule has 1 aliphatic carbocycles. The fourth-order valence-electron chi connectivity index (χ4n) is 4.03. The van der Waals surface area contributed by atoms with Crippen molar-refractivity contribution < 1.29 is 9.53 Å². The van der Waals surface area contributed by atoms with Crippen LogP contribution in [0.4, 0.5) is 4.79 Å². The maximum atomic E-state index is 12.3. The Labute approximate surface area is 155 Å². The van der Waals surface area contributed by atoms with E-state index in [-0.39, 0.29) is 11.6 Å². The molecule has 0 spiro atoms. The predicted molar refractivity (Wildman–Crippen MR) is 102 cm³/mol. The van der Waals surface area contributed by atoms with E-state index in [0.717, 1.165) is 39.3 Å². The second kappa shape index (κ2) is 9.01. The number of nitrogens with one attached hydrogen (secondary N) is 2. The minimum absolute atomic E-state index is 0.0512. The minimum Gasteiger partial charge on any atom is -0.379 e. The van der Waals surface area contributed by atoms with Crippen LogP contribution in [0.25, 0.3) is 0 Å². The van der Waals surface area contributed by atoms with E-state index in [9.17, 15) is 4.79 Å². The molecule has 2 fully saturated rings. The lowest BCUT2D eigenvalue weighted by atomic mass is 9.80. The third kappa shape index (κ3) is 4.96. The molecule has 140 valence electrons. The van der Waals surface area contributed by atoms with E-state index in [1.54, 1.807) is 11.3 Å². The number of thiophene rings is 1. The second-order valence-electron chi connectivity index (χ2n) is 7.14. The highest BCUT2D eigenvalue weighted by molar-refractivity contribution is 7.11. The maximum absolute atomic E-state index is 12.3. The van der Waals surface area contributed by atoms with Gasteiger partial charge in [0.2, 0.25) is 0 Å². The highest BCUT2D eigenvalue weighted by Crippen LogP contribution is 2.33. The summed E-state index contributed by atoms with van der Waals surface area (Å²) in [6, 6.07) is 4.21. The molecule has 25 heavy (non-hydrogen) atoms. The standard InChI is InChI=1S/C19H31N3O2S/c1-2-16-6-7-17(25-16)14-20-18(23)21-15-19(8-4-3-5-9-19)22-10-12-24-13-11-22/h6-7H,2-5,8-15H2,1H3,(H2,20,21,23). The highest BCUT2D eigenvalue weighted by atomic mass is 32.1. The van der Waals surface area contributed by atoms with Crippen molar-refractivity contribution in [2.75, 3.05) is 32.8 Å². The number of rotatable bonds is 6. The maximum Gasteiger partial charge on any atom is 0.315 e. The second-order valence-corrected chi connectivity index (χ2v) is 8.40. The van der Waals surface area contributed by atoms with Crippen molar-refractivity contribution in [3.05, 3.63) is 21.9 Å². The molecule has 0 atom stereocenters. The molecule has 2 amide bonds. The van der Waals surface area contributed by atoms with Crippen LogP contribution in [0.15, 0.2) is 12.1 Å². The number of hydrogen-bond donors (Lipinski definition) is 2. The van der Waals surface area contributed by atoms with Crippen LogP contribution in [0, 0.1) is 0 Å². The molecule has 0 aromatic carbocycles. The number of ether oxygens (including phenoxy) is 1. The molecule has 0 bridgehead atoms. The van der Waals surface area contributed by atoms with Gasteiger partial charge >= 0.3 is 6.03 Å². The van der Waals surface area contributed by atoms with E-state index in [1.807, 2.05) is 0 Å². The molecular weight excluding hydrogens is 334 g/mol. The van der Waals surface area contributed by atoms with Crippen molar-refractivity contribution in [2.45, 2.75) is 57.5 Å². The van der Waals surface area contributed by atoms with Crippen LogP contribution in [0.5, 0.6) is 0 Å². The van der Waals surface area contributed by atoms with Crippen molar-refractivity contribution >= 4 is 17.4 Å². The summed E-state index contributed by atoms with van der Waals surface area (Å²) in [7, 11) is 0. The number of aryl methyl sites for hydroxylation is 1. The fourth-order valence-corrected chi connectivity index (χ4v) is 4.93. The van der Waals surface area contributed by atoms with Gasteiger partial charge in [-0.25, -0.2) is 4.79 Å². The summed E-state index contributed by atoms with van der Waals surface area (Å²) < 4.78 is 5.52. The number of morpholine rings is 1. The zero-order valence-electron chi connectivity index (χ0n) is 15.3. The van der Waals surface area contributed by atoms with Crippen molar-refractivity contribution in [1.82, 2.24) is 15.5 Å². The van der Waals surface area contributed by atoms with Crippen LogP contribution < -0.4 is 10.6 Å². The van der Waals surface area contributed by atoms with Crippen LogP contribution in [-0.4, -0.2) is 49.3 Å². The Hall–Kier alpha value is -1.11. The van der Waals surface area contributed by atoms with Gasteiger partial charge in [-0.2, -0.15) is 0 Å². The molecule has 3 rings (SSSR count). The number of amides is 2. The van der Waals surface area contributed by atoms with Crippen LogP contribution in [-0.2, 0) is 17.7 Å². The lowest BCUT2D eigenvalue weighted by molar-refractivity contribution is -0.0357. The Kier molecular flexibility index (Phi) is 6.73. The van der Waals surface area contributed by atoms with Crippen molar-refractivity contribution in [1.29, 1.82) is 0 Å². The SMILES string of the molecule is CCc1ccc(CNC(=O)NCC2(N3CCOCC3)CCCCC2)s1. The summed E-state index contributed by atoms with van der Waals surface area (Å²) >= 11 is 1.78. The number of urea groups is 1. The average molecular weight is 366 g/mol.